The molecule has 2 aliphatic heterocycles. The van der Waals surface area contributed by atoms with E-state index in [1.165, 1.54) is 224 Å². The van der Waals surface area contributed by atoms with Gasteiger partial charge >= 0.3 is 8.60 Å². The Morgan fingerprint density at radius 3 is 1.00 bits per heavy atom. The summed E-state index contributed by atoms with van der Waals surface area (Å²) in [7, 11) is -1.37. The molecule has 0 aliphatic carbocycles. The van der Waals surface area contributed by atoms with Gasteiger partial charge in [-0.25, -0.2) is 0 Å². The van der Waals surface area contributed by atoms with Crippen molar-refractivity contribution in [2.24, 2.45) is 5.41 Å². The van der Waals surface area contributed by atoms with Crippen molar-refractivity contribution in [3.8, 4) is 0 Å². The summed E-state index contributed by atoms with van der Waals surface area (Å²) in [5, 5.41) is 0. The first-order chi connectivity index (χ1) is 24.3. The average molecular weight is 729 g/mol. The highest BCUT2D eigenvalue weighted by molar-refractivity contribution is 7.52. The number of unbranched alkanes of at least 4 members (excludes halogenated alkanes) is 30. The van der Waals surface area contributed by atoms with Crippen LogP contribution in [0.3, 0.4) is 0 Å². The molecule has 6 heteroatoms. The number of hydrogen-bond donors (Lipinski definition) is 0. The van der Waals surface area contributed by atoms with Gasteiger partial charge in [0.25, 0.3) is 0 Å². The minimum atomic E-state index is -1.13. The molecule has 0 radical (unpaired) electrons. The quantitative estimate of drug-likeness (QED) is 0.0475. The fourth-order valence-electron chi connectivity index (χ4n) is 7.54. The van der Waals surface area contributed by atoms with E-state index in [0.717, 1.165) is 32.8 Å². The van der Waals surface area contributed by atoms with Gasteiger partial charge in [0.1, 0.15) is 0 Å². The second kappa shape index (κ2) is 34.5. The summed E-state index contributed by atoms with van der Waals surface area (Å²) in [5.41, 5.74) is 0.215. The lowest BCUT2D eigenvalue weighted by Gasteiger charge is -2.43. The van der Waals surface area contributed by atoms with Crippen molar-refractivity contribution in [3.05, 3.63) is 0 Å². The van der Waals surface area contributed by atoms with Gasteiger partial charge in [0.15, 0.2) is 0 Å². The maximum absolute atomic E-state index is 6.36. The molecule has 0 amide bonds. The molecule has 0 aromatic rings. The lowest BCUT2D eigenvalue weighted by atomic mass is 9.84. The largest absolute Gasteiger partial charge is 0.359 e. The van der Waals surface area contributed by atoms with Crippen molar-refractivity contribution in [1.82, 2.24) is 0 Å². The van der Waals surface area contributed by atoms with Crippen LogP contribution in [0.5, 0.6) is 0 Å². The third-order valence-electron chi connectivity index (χ3n) is 11.2. The van der Waals surface area contributed by atoms with E-state index >= 15 is 0 Å². The predicted octanol–water partition coefficient (Wildman–Crippen LogP) is 16.0. The zero-order chi connectivity index (χ0) is 34.8. The summed E-state index contributed by atoms with van der Waals surface area (Å²) in [4.78, 5) is 0. The van der Waals surface area contributed by atoms with Crippen molar-refractivity contribution < 1.29 is 18.1 Å². The molecular formula is C43H86O4P2. The van der Waals surface area contributed by atoms with Crippen molar-refractivity contribution in [2.45, 2.75) is 232 Å². The molecule has 0 aromatic carbocycles. The summed E-state index contributed by atoms with van der Waals surface area (Å²) in [6.07, 6.45) is 49.9. The van der Waals surface area contributed by atoms with E-state index < -0.39 is 8.60 Å². The van der Waals surface area contributed by atoms with Crippen LogP contribution >= 0.6 is 16.8 Å². The molecule has 0 aromatic heterocycles. The molecule has 0 unspecified atom stereocenters. The van der Waals surface area contributed by atoms with Crippen LogP contribution < -0.4 is 0 Å². The minimum absolute atomic E-state index is 0.215. The van der Waals surface area contributed by atoms with E-state index in [9.17, 15) is 0 Å². The Bertz CT molecular complexity index is 605. The van der Waals surface area contributed by atoms with Crippen LogP contribution in [0.1, 0.15) is 232 Å². The predicted molar refractivity (Wildman–Crippen MR) is 218 cm³/mol. The SMILES string of the molecule is CCCCCCCCCCCCCCCCCCOP1CCC2(CC1)COP(OCCCCCCCCCCCCCCCCCC)OC2. The summed E-state index contributed by atoms with van der Waals surface area (Å²) < 4.78 is 24.6. The number of hydrogen-bond acceptors (Lipinski definition) is 4. The average Bonchev–Trinajstić information content (AvgIpc) is 3.12. The van der Waals surface area contributed by atoms with E-state index in [-0.39, 0.29) is 13.6 Å². The molecule has 4 nitrogen and oxygen atoms in total. The van der Waals surface area contributed by atoms with E-state index in [0.29, 0.717) is 0 Å². The second-order valence-electron chi connectivity index (χ2n) is 16.0. The van der Waals surface area contributed by atoms with Crippen molar-refractivity contribution >= 4 is 16.8 Å². The van der Waals surface area contributed by atoms with Gasteiger partial charge in [0.2, 0.25) is 0 Å². The topological polar surface area (TPSA) is 36.9 Å². The first kappa shape index (κ1) is 45.9. The molecule has 0 atom stereocenters. The third-order valence-corrected chi connectivity index (χ3v) is 14.3. The Balaban J connectivity index is 1.28. The van der Waals surface area contributed by atoms with Crippen molar-refractivity contribution in [1.29, 1.82) is 0 Å². The molecule has 0 bridgehead atoms. The highest BCUT2D eigenvalue weighted by Crippen LogP contribution is 2.55. The van der Waals surface area contributed by atoms with Crippen LogP contribution in [0.4, 0.5) is 0 Å². The van der Waals surface area contributed by atoms with E-state index in [1.54, 1.807) is 0 Å². The molecule has 292 valence electrons. The first-order valence-electron chi connectivity index (χ1n) is 22.3. The molecule has 0 N–H and O–H groups in total. The van der Waals surface area contributed by atoms with Crippen LogP contribution in [-0.4, -0.2) is 38.8 Å². The molecule has 2 fully saturated rings. The second-order valence-corrected chi connectivity index (χ2v) is 19.3. The summed E-state index contributed by atoms with van der Waals surface area (Å²) in [6, 6.07) is 0. The van der Waals surface area contributed by atoms with Gasteiger partial charge in [0.05, 0.1) is 26.4 Å². The van der Waals surface area contributed by atoms with Gasteiger partial charge in [0, 0.05) is 13.6 Å². The zero-order valence-electron chi connectivity index (χ0n) is 33.3. The van der Waals surface area contributed by atoms with Gasteiger partial charge in [-0.3, -0.25) is 0 Å². The molecular weight excluding hydrogens is 642 g/mol. The molecule has 2 aliphatic rings. The van der Waals surface area contributed by atoms with Gasteiger partial charge in [-0.2, -0.15) is 0 Å². The van der Waals surface area contributed by atoms with Gasteiger partial charge < -0.3 is 18.1 Å². The van der Waals surface area contributed by atoms with Gasteiger partial charge in [-0.1, -0.05) is 206 Å². The van der Waals surface area contributed by atoms with Crippen LogP contribution in [0.2, 0.25) is 0 Å². The summed E-state index contributed by atoms with van der Waals surface area (Å²) in [5.74, 6) is 0. The van der Waals surface area contributed by atoms with E-state index in [2.05, 4.69) is 13.8 Å². The van der Waals surface area contributed by atoms with Crippen LogP contribution in [0.25, 0.3) is 0 Å². The molecule has 2 rings (SSSR count). The highest BCUT2D eigenvalue weighted by atomic mass is 31.2. The Morgan fingerprint density at radius 1 is 0.388 bits per heavy atom. The zero-order valence-corrected chi connectivity index (χ0v) is 35.1. The maximum Gasteiger partial charge on any atom is 0.332 e. The normalized spacial score (nSPS) is 21.2. The van der Waals surface area contributed by atoms with Crippen LogP contribution in [-0.2, 0) is 18.1 Å². The van der Waals surface area contributed by atoms with Crippen molar-refractivity contribution in [3.63, 3.8) is 0 Å². The Hall–Kier alpha value is 0.700. The third kappa shape index (κ3) is 27.0. The van der Waals surface area contributed by atoms with Crippen LogP contribution in [0, 0.1) is 5.41 Å². The van der Waals surface area contributed by atoms with Gasteiger partial charge in [-0.15, -0.1) is 0 Å². The molecule has 0 saturated carbocycles. The smallest absolute Gasteiger partial charge is 0.332 e. The minimum Gasteiger partial charge on any atom is -0.359 e. The van der Waals surface area contributed by atoms with Crippen LogP contribution in [0.15, 0.2) is 0 Å². The summed E-state index contributed by atoms with van der Waals surface area (Å²) >= 11 is 0. The summed E-state index contributed by atoms with van der Waals surface area (Å²) in [6.45, 7) is 8.00. The Labute approximate surface area is 310 Å². The fourth-order valence-corrected chi connectivity index (χ4v) is 11.1. The standard InChI is InChI=1S/C43H86O4P2/c1-3-5-7-9-11-13-15-17-19-21-23-25-27-29-31-33-37-44-48-39-35-43(36-40-48)41-46-49(47-42-43)45-38-34-32-30-28-26-24-22-20-18-16-14-12-10-8-6-4-2/h3-42H2,1-2H3. The Kier molecular flexibility index (Phi) is 32.3. The monoisotopic (exact) mass is 729 g/mol. The van der Waals surface area contributed by atoms with E-state index in [1.807, 2.05) is 0 Å². The molecule has 2 saturated heterocycles. The first-order valence-corrected chi connectivity index (χ1v) is 25.1. The van der Waals surface area contributed by atoms with Crippen molar-refractivity contribution in [2.75, 3.05) is 38.8 Å². The van der Waals surface area contributed by atoms with Gasteiger partial charge in [-0.05, 0) is 38.0 Å². The lowest BCUT2D eigenvalue weighted by Crippen LogP contribution is -2.38. The lowest BCUT2D eigenvalue weighted by molar-refractivity contribution is -0.000715. The number of rotatable bonds is 36. The fraction of sp³-hybridized carbons (Fsp3) is 1.00. The molecule has 2 heterocycles. The van der Waals surface area contributed by atoms with E-state index in [4.69, 9.17) is 18.1 Å². The molecule has 1 spiro atoms. The Morgan fingerprint density at radius 2 is 0.673 bits per heavy atom. The molecule has 49 heavy (non-hydrogen) atoms. The highest BCUT2D eigenvalue weighted by Gasteiger charge is 2.41. The maximum atomic E-state index is 6.36.